The number of nitrogens with one attached hydrogen (secondary N) is 4. The Labute approximate surface area is 150 Å². The minimum absolute atomic E-state index is 0.0178. The van der Waals surface area contributed by atoms with Crippen molar-refractivity contribution < 1.29 is 14.3 Å². The van der Waals surface area contributed by atoms with E-state index in [4.69, 9.17) is 9.47 Å². The minimum Gasteiger partial charge on any atom is -0.493 e. The SMILES string of the molecule is COc1ccccc1OCC1CC(C(=O)NCc2ccc[nH]c2=O)NN1. The van der Waals surface area contributed by atoms with Crippen LogP contribution in [-0.2, 0) is 11.3 Å². The van der Waals surface area contributed by atoms with Gasteiger partial charge in [0, 0.05) is 18.3 Å². The van der Waals surface area contributed by atoms with Crippen LogP contribution < -0.4 is 31.2 Å². The second kappa shape index (κ2) is 8.50. The van der Waals surface area contributed by atoms with Gasteiger partial charge in [-0.15, -0.1) is 0 Å². The molecule has 26 heavy (non-hydrogen) atoms. The van der Waals surface area contributed by atoms with Gasteiger partial charge in [-0.1, -0.05) is 18.2 Å². The number of carbonyl (C=O) groups is 1. The van der Waals surface area contributed by atoms with E-state index >= 15 is 0 Å². The van der Waals surface area contributed by atoms with Crippen molar-refractivity contribution in [3.63, 3.8) is 0 Å². The first-order chi connectivity index (χ1) is 12.7. The van der Waals surface area contributed by atoms with E-state index in [0.717, 1.165) is 0 Å². The number of amides is 1. The smallest absolute Gasteiger partial charge is 0.252 e. The Morgan fingerprint density at radius 1 is 1.19 bits per heavy atom. The normalized spacial score (nSPS) is 19.1. The number of hydrogen-bond acceptors (Lipinski definition) is 6. The predicted molar refractivity (Wildman–Crippen MR) is 95.9 cm³/mol. The highest BCUT2D eigenvalue weighted by Gasteiger charge is 2.29. The van der Waals surface area contributed by atoms with Crippen LogP contribution in [0.2, 0.25) is 0 Å². The van der Waals surface area contributed by atoms with Gasteiger partial charge in [-0.05, 0) is 24.6 Å². The Morgan fingerprint density at radius 2 is 2.00 bits per heavy atom. The van der Waals surface area contributed by atoms with E-state index in [1.54, 1.807) is 25.4 Å². The molecule has 1 saturated heterocycles. The highest BCUT2D eigenvalue weighted by atomic mass is 16.5. The molecule has 1 amide bonds. The largest absolute Gasteiger partial charge is 0.493 e. The molecule has 2 atom stereocenters. The van der Waals surface area contributed by atoms with Gasteiger partial charge in [0.15, 0.2) is 11.5 Å². The Bertz CT molecular complexity index is 808. The number of rotatable bonds is 7. The molecule has 1 aliphatic rings. The van der Waals surface area contributed by atoms with E-state index in [9.17, 15) is 9.59 Å². The molecular weight excluding hydrogens is 336 g/mol. The zero-order chi connectivity index (χ0) is 18.4. The number of hydrogen-bond donors (Lipinski definition) is 4. The lowest BCUT2D eigenvalue weighted by Crippen LogP contribution is -2.43. The van der Waals surface area contributed by atoms with Crippen LogP contribution in [0.1, 0.15) is 12.0 Å². The topological polar surface area (TPSA) is 104 Å². The van der Waals surface area contributed by atoms with E-state index in [1.165, 1.54) is 0 Å². The number of aromatic nitrogens is 1. The van der Waals surface area contributed by atoms with Gasteiger partial charge < -0.3 is 19.8 Å². The van der Waals surface area contributed by atoms with Gasteiger partial charge in [-0.3, -0.25) is 15.0 Å². The average Bonchev–Trinajstić information content (AvgIpc) is 3.15. The minimum atomic E-state index is -0.385. The summed E-state index contributed by atoms with van der Waals surface area (Å²) in [6, 6.07) is 10.4. The Kier molecular flexibility index (Phi) is 5.88. The number of para-hydroxylation sites is 2. The maximum Gasteiger partial charge on any atom is 0.252 e. The number of aromatic amines is 1. The molecule has 0 aliphatic carbocycles. The van der Waals surface area contributed by atoms with Crippen molar-refractivity contribution in [3.05, 3.63) is 58.5 Å². The number of ether oxygens (including phenoxy) is 2. The summed E-state index contributed by atoms with van der Waals surface area (Å²) in [5.74, 6) is 1.16. The average molecular weight is 358 g/mol. The molecule has 2 aromatic rings. The monoisotopic (exact) mass is 358 g/mol. The van der Waals surface area contributed by atoms with Crippen LogP contribution in [0.15, 0.2) is 47.4 Å². The predicted octanol–water partition coefficient (Wildman–Crippen LogP) is 0.314. The van der Waals surface area contributed by atoms with Crippen molar-refractivity contribution in [2.75, 3.05) is 13.7 Å². The zero-order valence-electron chi connectivity index (χ0n) is 14.5. The fourth-order valence-corrected chi connectivity index (χ4v) is 2.73. The highest BCUT2D eigenvalue weighted by Crippen LogP contribution is 2.26. The van der Waals surface area contributed by atoms with Crippen molar-refractivity contribution in [1.82, 2.24) is 21.2 Å². The van der Waals surface area contributed by atoms with Crippen LogP contribution in [0.25, 0.3) is 0 Å². The van der Waals surface area contributed by atoms with Gasteiger partial charge in [-0.25, -0.2) is 5.43 Å². The Hall–Kier alpha value is -2.84. The number of H-pyrrole nitrogens is 1. The van der Waals surface area contributed by atoms with E-state index in [1.807, 2.05) is 24.3 Å². The van der Waals surface area contributed by atoms with Gasteiger partial charge in [-0.2, -0.15) is 0 Å². The van der Waals surface area contributed by atoms with Gasteiger partial charge >= 0.3 is 0 Å². The summed E-state index contributed by atoms with van der Waals surface area (Å²) >= 11 is 0. The summed E-state index contributed by atoms with van der Waals surface area (Å²) < 4.78 is 11.0. The van der Waals surface area contributed by atoms with Crippen molar-refractivity contribution in [3.8, 4) is 11.5 Å². The summed E-state index contributed by atoms with van der Waals surface area (Å²) in [5.41, 5.74) is 6.34. The second-order valence-corrected chi connectivity index (χ2v) is 5.98. The third-order valence-electron chi connectivity index (χ3n) is 4.16. The summed E-state index contributed by atoms with van der Waals surface area (Å²) in [7, 11) is 1.59. The standard InChI is InChI=1S/C18H22N4O4/c1-25-15-6-2-3-7-16(15)26-11-13-9-14(22-21-13)18(24)20-10-12-5-4-8-19-17(12)23/h2-8,13-14,21-22H,9-11H2,1H3,(H,19,23)(H,20,24). The van der Waals surface area contributed by atoms with Crippen molar-refractivity contribution >= 4 is 5.91 Å². The summed E-state index contributed by atoms with van der Waals surface area (Å²) in [6.45, 7) is 0.588. The van der Waals surface area contributed by atoms with Gasteiger partial charge in [0.2, 0.25) is 5.91 Å². The fraction of sp³-hybridized carbons (Fsp3) is 0.333. The molecule has 2 heterocycles. The molecule has 0 spiro atoms. The molecule has 0 radical (unpaired) electrons. The van der Waals surface area contributed by atoms with E-state index in [-0.39, 0.29) is 30.1 Å². The lowest BCUT2D eigenvalue weighted by atomic mass is 10.1. The number of hydrazine groups is 1. The maximum absolute atomic E-state index is 12.3. The third kappa shape index (κ3) is 4.41. The molecule has 0 bridgehead atoms. The van der Waals surface area contributed by atoms with Crippen LogP contribution in [0.5, 0.6) is 11.5 Å². The molecule has 138 valence electrons. The maximum atomic E-state index is 12.3. The molecule has 3 rings (SSSR count). The van der Waals surface area contributed by atoms with Gasteiger partial charge in [0.1, 0.15) is 12.6 Å². The Balaban J connectivity index is 1.46. The molecule has 1 fully saturated rings. The molecule has 1 aromatic heterocycles. The third-order valence-corrected chi connectivity index (χ3v) is 4.16. The van der Waals surface area contributed by atoms with Crippen molar-refractivity contribution in [2.45, 2.75) is 25.0 Å². The molecule has 0 saturated carbocycles. The van der Waals surface area contributed by atoms with Crippen LogP contribution in [0.4, 0.5) is 0 Å². The van der Waals surface area contributed by atoms with Crippen LogP contribution in [0, 0.1) is 0 Å². The number of carbonyl (C=O) groups excluding carboxylic acids is 1. The lowest BCUT2D eigenvalue weighted by Gasteiger charge is -2.13. The first-order valence-corrected chi connectivity index (χ1v) is 8.38. The molecule has 8 heteroatoms. The molecule has 1 aromatic carbocycles. The summed E-state index contributed by atoms with van der Waals surface area (Å²) in [5, 5.41) is 2.77. The molecule has 2 unspecified atom stereocenters. The van der Waals surface area contributed by atoms with E-state index in [0.29, 0.717) is 30.1 Å². The quantitative estimate of drug-likeness (QED) is 0.568. The number of methoxy groups -OCH3 is 1. The molecular formula is C18H22N4O4. The Morgan fingerprint density at radius 3 is 2.77 bits per heavy atom. The molecule has 1 aliphatic heterocycles. The lowest BCUT2D eigenvalue weighted by molar-refractivity contribution is -0.123. The highest BCUT2D eigenvalue weighted by molar-refractivity contribution is 5.82. The van der Waals surface area contributed by atoms with Crippen LogP contribution in [0.3, 0.4) is 0 Å². The van der Waals surface area contributed by atoms with E-state index < -0.39 is 0 Å². The fourth-order valence-electron chi connectivity index (χ4n) is 2.73. The van der Waals surface area contributed by atoms with Crippen LogP contribution in [-0.4, -0.2) is 36.7 Å². The molecule has 8 nitrogen and oxygen atoms in total. The van der Waals surface area contributed by atoms with Crippen molar-refractivity contribution in [2.24, 2.45) is 0 Å². The number of pyridine rings is 1. The van der Waals surface area contributed by atoms with Gasteiger partial charge in [0.05, 0.1) is 13.2 Å². The zero-order valence-corrected chi connectivity index (χ0v) is 14.5. The number of benzene rings is 1. The van der Waals surface area contributed by atoms with Crippen molar-refractivity contribution in [1.29, 1.82) is 0 Å². The van der Waals surface area contributed by atoms with E-state index in [2.05, 4.69) is 21.2 Å². The summed E-state index contributed by atoms with van der Waals surface area (Å²) in [4.78, 5) is 26.5. The second-order valence-electron chi connectivity index (χ2n) is 5.98. The first kappa shape index (κ1) is 18.0. The van der Waals surface area contributed by atoms with Gasteiger partial charge in [0.25, 0.3) is 5.56 Å². The summed E-state index contributed by atoms with van der Waals surface area (Å²) in [6.07, 6.45) is 2.13. The van der Waals surface area contributed by atoms with Crippen LogP contribution >= 0.6 is 0 Å². The molecule has 4 N–H and O–H groups in total. The first-order valence-electron chi connectivity index (χ1n) is 8.38.